The summed E-state index contributed by atoms with van der Waals surface area (Å²) in [6.07, 6.45) is 6.33. The van der Waals surface area contributed by atoms with Crippen LogP contribution in [0.25, 0.3) is 0 Å². The number of carbonyl (C=O) groups excluding carboxylic acids is 2. The van der Waals surface area contributed by atoms with Crippen molar-refractivity contribution in [2.45, 2.75) is 75.9 Å². The van der Waals surface area contributed by atoms with Crippen LogP contribution in [0, 0.1) is 17.2 Å². The van der Waals surface area contributed by atoms with Gasteiger partial charge in [-0.1, -0.05) is 13.8 Å². The Morgan fingerprint density at radius 3 is 2.77 bits per heavy atom. The van der Waals surface area contributed by atoms with Gasteiger partial charge < -0.3 is 20.7 Å². The standard InChI is InChI=1S/C23H31N5O3/c1-23(2)13-31-19-12-26-18(10-17(19)23)21(29)27-15-7-5-14(6-8-15)20(25)22(30)28-9-3-4-16(28)11-24/h10,12,14-16,20H,3-9,13,25H2,1-2H3,(H,27,29)/t14?,15?,16?,20-/m0/s1. The number of fused-ring (bicyclic) bond motifs is 1. The molecule has 1 unspecified atom stereocenters. The molecule has 1 aromatic heterocycles. The van der Waals surface area contributed by atoms with Crippen LogP contribution in [0.2, 0.25) is 0 Å². The van der Waals surface area contributed by atoms with Crippen molar-refractivity contribution in [1.29, 1.82) is 5.26 Å². The van der Waals surface area contributed by atoms with Gasteiger partial charge in [-0.2, -0.15) is 5.26 Å². The first kappa shape index (κ1) is 21.6. The summed E-state index contributed by atoms with van der Waals surface area (Å²) in [6.45, 7) is 5.39. The molecular weight excluding hydrogens is 394 g/mol. The summed E-state index contributed by atoms with van der Waals surface area (Å²) in [5.41, 5.74) is 7.58. The van der Waals surface area contributed by atoms with E-state index in [-0.39, 0.29) is 35.2 Å². The van der Waals surface area contributed by atoms with Gasteiger partial charge in [-0.15, -0.1) is 0 Å². The van der Waals surface area contributed by atoms with E-state index in [0.29, 0.717) is 18.8 Å². The molecule has 3 aliphatic rings. The van der Waals surface area contributed by atoms with Crippen LogP contribution in [0.5, 0.6) is 5.75 Å². The quantitative estimate of drug-likeness (QED) is 0.760. The summed E-state index contributed by atoms with van der Waals surface area (Å²) in [4.78, 5) is 31.4. The Balaban J connectivity index is 1.31. The molecule has 0 spiro atoms. The lowest BCUT2D eigenvalue weighted by Crippen LogP contribution is -2.50. The highest BCUT2D eigenvalue weighted by molar-refractivity contribution is 5.93. The smallest absolute Gasteiger partial charge is 0.270 e. The van der Waals surface area contributed by atoms with Gasteiger partial charge in [0.25, 0.3) is 5.91 Å². The number of pyridine rings is 1. The predicted octanol–water partition coefficient (Wildman–Crippen LogP) is 1.88. The summed E-state index contributed by atoms with van der Waals surface area (Å²) in [5, 5.41) is 12.3. The fraction of sp³-hybridized carbons (Fsp3) is 0.652. The second-order valence-corrected chi connectivity index (χ2v) is 9.67. The summed E-state index contributed by atoms with van der Waals surface area (Å²) in [5.74, 6) is 0.543. The Labute approximate surface area is 183 Å². The molecule has 4 rings (SSSR count). The molecule has 31 heavy (non-hydrogen) atoms. The van der Waals surface area contributed by atoms with Crippen molar-refractivity contribution < 1.29 is 14.3 Å². The number of likely N-dealkylation sites (tertiary alicyclic amines) is 1. The summed E-state index contributed by atoms with van der Waals surface area (Å²) < 4.78 is 5.65. The van der Waals surface area contributed by atoms with Crippen LogP contribution >= 0.6 is 0 Å². The van der Waals surface area contributed by atoms with Gasteiger partial charge in [-0.3, -0.25) is 9.59 Å². The number of hydrogen-bond acceptors (Lipinski definition) is 6. The third-order valence-electron chi connectivity index (χ3n) is 7.00. The zero-order valence-corrected chi connectivity index (χ0v) is 18.3. The van der Waals surface area contributed by atoms with Gasteiger partial charge in [0.1, 0.15) is 17.5 Å². The minimum Gasteiger partial charge on any atom is -0.491 e. The number of aromatic nitrogens is 1. The first-order valence-electron chi connectivity index (χ1n) is 11.2. The van der Waals surface area contributed by atoms with Crippen molar-refractivity contribution in [3.05, 3.63) is 23.5 Å². The first-order chi connectivity index (χ1) is 14.8. The fourth-order valence-electron chi connectivity index (χ4n) is 4.99. The lowest BCUT2D eigenvalue weighted by atomic mass is 9.81. The highest BCUT2D eigenvalue weighted by Crippen LogP contribution is 2.38. The average molecular weight is 426 g/mol. The van der Waals surface area contributed by atoms with Crippen molar-refractivity contribution in [2.75, 3.05) is 13.2 Å². The number of carbonyl (C=O) groups is 2. The molecule has 2 fully saturated rings. The molecule has 1 aliphatic carbocycles. The normalized spacial score (nSPS) is 27.7. The molecule has 2 amide bonds. The first-order valence-corrected chi connectivity index (χ1v) is 11.2. The Morgan fingerprint density at radius 2 is 2.06 bits per heavy atom. The van der Waals surface area contributed by atoms with Crippen molar-refractivity contribution >= 4 is 11.8 Å². The van der Waals surface area contributed by atoms with Crippen LogP contribution < -0.4 is 15.8 Å². The van der Waals surface area contributed by atoms with Crippen molar-refractivity contribution in [1.82, 2.24) is 15.2 Å². The lowest BCUT2D eigenvalue weighted by molar-refractivity contribution is -0.134. The van der Waals surface area contributed by atoms with E-state index < -0.39 is 6.04 Å². The molecule has 0 aromatic carbocycles. The van der Waals surface area contributed by atoms with Gasteiger partial charge in [0.2, 0.25) is 5.91 Å². The maximum absolute atomic E-state index is 12.8. The zero-order chi connectivity index (χ0) is 22.2. The van der Waals surface area contributed by atoms with Crippen LogP contribution in [0.1, 0.15) is 68.4 Å². The van der Waals surface area contributed by atoms with Gasteiger partial charge in [0.15, 0.2) is 0 Å². The molecule has 0 radical (unpaired) electrons. The lowest BCUT2D eigenvalue weighted by Gasteiger charge is -2.34. The largest absolute Gasteiger partial charge is 0.491 e. The number of nitriles is 1. The number of nitrogens with zero attached hydrogens (tertiary/aromatic N) is 3. The van der Waals surface area contributed by atoms with Gasteiger partial charge in [0.05, 0.1) is 24.9 Å². The number of ether oxygens (including phenoxy) is 1. The maximum atomic E-state index is 12.8. The van der Waals surface area contributed by atoms with Crippen LogP contribution in [-0.4, -0.2) is 53.0 Å². The van der Waals surface area contributed by atoms with Gasteiger partial charge in [-0.25, -0.2) is 4.98 Å². The van der Waals surface area contributed by atoms with Crippen molar-refractivity contribution in [3.63, 3.8) is 0 Å². The summed E-state index contributed by atoms with van der Waals surface area (Å²) in [6, 6.07) is 3.16. The van der Waals surface area contributed by atoms with E-state index in [4.69, 9.17) is 10.5 Å². The molecule has 1 saturated heterocycles. The number of rotatable bonds is 4. The fourth-order valence-corrected chi connectivity index (χ4v) is 4.99. The minimum absolute atomic E-state index is 0.0454. The molecule has 1 saturated carbocycles. The topological polar surface area (TPSA) is 121 Å². The molecule has 3 N–H and O–H groups in total. The molecule has 8 heteroatoms. The van der Waals surface area contributed by atoms with E-state index in [1.54, 1.807) is 11.1 Å². The number of hydrogen-bond donors (Lipinski definition) is 2. The third-order valence-corrected chi connectivity index (χ3v) is 7.00. The Hall–Kier alpha value is -2.66. The van der Waals surface area contributed by atoms with Crippen LogP contribution in [0.4, 0.5) is 0 Å². The molecule has 2 aliphatic heterocycles. The van der Waals surface area contributed by atoms with Crippen LogP contribution in [-0.2, 0) is 10.2 Å². The third kappa shape index (κ3) is 4.24. The molecule has 166 valence electrons. The second kappa shape index (κ2) is 8.46. The zero-order valence-electron chi connectivity index (χ0n) is 18.3. The van der Waals surface area contributed by atoms with Gasteiger partial charge in [0, 0.05) is 23.6 Å². The number of nitrogens with two attached hydrogens (primary N) is 1. The highest BCUT2D eigenvalue weighted by Gasteiger charge is 2.37. The summed E-state index contributed by atoms with van der Waals surface area (Å²) in [7, 11) is 0. The van der Waals surface area contributed by atoms with E-state index in [2.05, 4.69) is 30.2 Å². The molecule has 8 nitrogen and oxygen atoms in total. The maximum Gasteiger partial charge on any atom is 0.270 e. The number of nitrogens with one attached hydrogen (secondary N) is 1. The molecule has 1 aromatic rings. The minimum atomic E-state index is -0.578. The van der Waals surface area contributed by atoms with E-state index in [1.165, 1.54) is 0 Å². The molecule has 2 atom stereocenters. The Kier molecular flexibility index (Phi) is 5.89. The van der Waals surface area contributed by atoms with Crippen molar-refractivity contribution in [2.24, 2.45) is 11.7 Å². The monoisotopic (exact) mass is 425 g/mol. The Morgan fingerprint density at radius 1 is 1.32 bits per heavy atom. The second-order valence-electron chi connectivity index (χ2n) is 9.67. The van der Waals surface area contributed by atoms with Crippen molar-refractivity contribution in [3.8, 4) is 11.8 Å². The average Bonchev–Trinajstić information content (AvgIpc) is 3.37. The van der Waals surface area contributed by atoms with E-state index in [0.717, 1.165) is 49.8 Å². The van der Waals surface area contributed by atoms with E-state index in [1.807, 2.05) is 6.07 Å². The van der Waals surface area contributed by atoms with Crippen LogP contribution in [0.15, 0.2) is 12.3 Å². The SMILES string of the molecule is CC1(C)COc2cnc(C(=O)NC3CCC([C@H](N)C(=O)N4CCCC4C#N)CC3)cc21. The number of amides is 2. The highest BCUT2D eigenvalue weighted by atomic mass is 16.5. The van der Waals surface area contributed by atoms with Crippen LogP contribution in [0.3, 0.4) is 0 Å². The molecule has 3 heterocycles. The van der Waals surface area contributed by atoms with Gasteiger partial charge >= 0.3 is 0 Å². The van der Waals surface area contributed by atoms with E-state index >= 15 is 0 Å². The van der Waals surface area contributed by atoms with E-state index in [9.17, 15) is 14.9 Å². The van der Waals surface area contributed by atoms with Gasteiger partial charge in [-0.05, 0) is 50.5 Å². The summed E-state index contributed by atoms with van der Waals surface area (Å²) >= 11 is 0. The molecular formula is C23H31N5O3. The molecule has 0 bridgehead atoms. The Bertz CT molecular complexity index is 901. The predicted molar refractivity (Wildman–Crippen MR) is 114 cm³/mol.